The van der Waals surface area contributed by atoms with Crippen molar-refractivity contribution in [2.75, 3.05) is 36.4 Å². The molecule has 1 heterocycles. The van der Waals surface area contributed by atoms with Crippen LogP contribution in [0.3, 0.4) is 0 Å². The number of halogens is 1. The maximum Gasteiger partial charge on any atom is 0.241 e. The Hall–Kier alpha value is -2.04. The highest BCUT2D eigenvalue weighted by molar-refractivity contribution is 6.31. The van der Waals surface area contributed by atoms with E-state index in [4.69, 9.17) is 11.6 Å². The van der Waals surface area contributed by atoms with Crippen molar-refractivity contribution in [2.45, 2.75) is 33.7 Å². The molecule has 5 heteroatoms. The van der Waals surface area contributed by atoms with Crippen LogP contribution in [-0.2, 0) is 4.79 Å². The minimum absolute atomic E-state index is 0.0144. The zero-order chi connectivity index (χ0) is 19.6. The van der Waals surface area contributed by atoms with E-state index in [1.165, 1.54) is 16.8 Å². The van der Waals surface area contributed by atoms with Crippen LogP contribution >= 0.6 is 11.6 Å². The summed E-state index contributed by atoms with van der Waals surface area (Å²) >= 11 is 6.16. The van der Waals surface area contributed by atoms with Crippen LogP contribution in [0.4, 0.5) is 11.4 Å². The SMILES string of the molecule is Cc1cccc(N2CCN([C@@H](C)C(=O)Nc3cccc(Cl)c3C)CC2)c1C. The third kappa shape index (κ3) is 4.28. The summed E-state index contributed by atoms with van der Waals surface area (Å²) in [5.74, 6) is 0.0144. The first-order chi connectivity index (χ1) is 12.9. The first kappa shape index (κ1) is 19.7. The third-order valence-electron chi connectivity index (χ3n) is 5.68. The predicted octanol–water partition coefficient (Wildman–Crippen LogP) is 4.41. The highest BCUT2D eigenvalue weighted by atomic mass is 35.5. The molecule has 0 radical (unpaired) electrons. The molecule has 1 N–H and O–H groups in total. The van der Waals surface area contributed by atoms with Crippen LogP contribution in [0.5, 0.6) is 0 Å². The maximum absolute atomic E-state index is 12.7. The number of carbonyl (C=O) groups excluding carboxylic acids is 1. The quantitative estimate of drug-likeness (QED) is 0.846. The molecule has 27 heavy (non-hydrogen) atoms. The predicted molar refractivity (Wildman–Crippen MR) is 114 cm³/mol. The molecular weight excluding hydrogens is 358 g/mol. The number of anilines is 2. The molecule has 2 aromatic carbocycles. The summed E-state index contributed by atoms with van der Waals surface area (Å²) in [6, 6.07) is 11.9. The van der Waals surface area contributed by atoms with E-state index in [9.17, 15) is 4.79 Å². The van der Waals surface area contributed by atoms with Gasteiger partial charge in [-0.1, -0.05) is 29.8 Å². The van der Waals surface area contributed by atoms with Gasteiger partial charge in [0, 0.05) is 42.6 Å². The minimum Gasteiger partial charge on any atom is -0.369 e. The summed E-state index contributed by atoms with van der Waals surface area (Å²) in [7, 11) is 0. The second kappa shape index (κ2) is 8.32. The van der Waals surface area contributed by atoms with Crippen molar-refractivity contribution in [1.29, 1.82) is 0 Å². The zero-order valence-electron chi connectivity index (χ0n) is 16.6. The number of aryl methyl sites for hydroxylation is 1. The zero-order valence-corrected chi connectivity index (χ0v) is 17.3. The molecule has 0 aromatic heterocycles. The number of piperazine rings is 1. The number of benzene rings is 2. The molecule has 1 saturated heterocycles. The van der Waals surface area contributed by atoms with Crippen molar-refractivity contribution in [3.05, 3.63) is 58.1 Å². The monoisotopic (exact) mass is 385 g/mol. The van der Waals surface area contributed by atoms with Crippen LogP contribution in [0.25, 0.3) is 0 Å². The number of nitrogens with one attached hydrogen (secondary N) is 1. The van der Waals surface area contributed by atoms with Gasteiger partial charge in [-0.3, -0.25) is 9.69 Å². The van der Waals surface area contributed by atoms with Gasteiger partial charge in [0.15, 0.2) is 0 Å². The molecule has 1 amide bonds. The van der Waals surface area contributed by atoms with Crippen molar-refractivity contribution < 1.29 is 4.79 Å². The lowest BCUT2D eigenvalue weighted by Crippen LogP contribution is -2.53. The number of carbonyl (C=O) groups is 1. The molecule has 0 aliphatic carbocycles. The Balaban J connectivity index is 1.61. The van der Waals surface area contributed by atoms with Crippen LogP contribution in [0.1, 0.15) is 23.6 Å². The van der Waals surface area contributed by atoms with Gasteiger partial charge in [0.1, 0.15) is 0 Å². The Morgan fingerprint density at radius 1 is 1.00 bits per heavy atom. The van der Waals surface area contributed by atoms with Crippen LogP contribution in [-0.4, -0.2) is 43.0 Å². The number of rotatable bonds is 4. The largest absolute Gasteiger partial charge is 0.369 e. The molecule has 0 bridgehead atoms. The van der Waals surface area contributed by atoms with E-state index in [2.05, 4.69) is 47.2 Å². The van der Waals surface area contributed by atoms with Gasteiger partial charge in [-0.05, 0) is 62.6 Å². The number of amides is 1. The highest BCUT2D eigenvalue weighted by Crippen LogP contribution is 2.25. The van der Waals surface area contributed by atoms with Gasteiger partial charge in [-0.25, -0.2) is 0 Å². The van der Waals surface area contributed by atoms with Crippen molar-refractivity contribution in [2.24, 2.45) is 0 Å². The third-order valence-corrected chi connectivity index (χ3v) is 6.09. The Kier molecular flexibility index (Phi) is 6.08. The number of nitrogens with zero attached hydrogens (tertiary/aromatic N) is 2. The minimum atomic E-state index is -0.177. The molecule has 3 rings (SSSR count). The summed E-state index contributed by atoms with van der Waals surface area (Å²) in [6.07, 6.45) is 0. The van der Waals surface area contributed by atoms with Gasteiger partial charge in [0.25, 0.3) is 0 Å². The summed E-state index contributed by atoms with van der Waals surface area (Å²) in [5, 5.41) is 3.70. The Bertz CT molecular complexity index is 828. The van der Waals surface area contributed by atoms with E-state index in [0.717, 1.165) is 37.4 Å². The van der Waals surface area contributed by atoms with E-state index < -0.39 is 0 Å². The maximum atomic E-state index is 12.7. The van der Waals surface area contributed by atoms with Gasteiger partial charge in [0.2, 0.25) is 5.91 Å². The fourth-order valence-electron chi connectivity index (χ4n) is 3.57. The number of hydrogen-bond donors (Lipinski definition) is 1. The van der Waals surface area contributed by atoms with Crippen molar-refractivity contribution in [3.63, 3.8) is 0 Å². The lowest BCUT2D eigenvalue weighted by molar-refractivity contribution is -0.120. The van der Waals surface area contributed by atoms with E-state index in [-0.39, 0.29) is 11.9 Å². The van der Waals surface area contributed by atoms with Gasteiger partial charge >= 0.3 is 0 Å². The smallest absolute Gasteiger partial charge is 0.241 e. The molecule has 0 unspecified atom stereocenters. The van der Waals surface area contributed by atoms with E-state index in [0.29, 0.717) is 5.02 Å². The van der Waals surface area contributed by atoms with E-state index >= 15 is 0 Å². The summed E-state index contributed by atoms with van der Waals surface area (Å²) < 4.78 is 0. The summed E-state index contributed by atoms with van der Waals surface area (Å²) in [5.41, 5.74) is 5.65. The molecule has 0 saturated carbocycles. The first-order valence-electron chi connectivity index (χ1n) is 9.49. The van der Waals surface area contributed by atoms with Crippen LogP contribution in [0.2, 0.25) is 5.02 Å². The average Bonchev–Trinajstić information content (AvgIpc) is 2.67. The molecule has 144 valence electrons. The van der Waals surface area contributed by atoms with Gasteiger partial charge in [-0.2, -0.15) is 0 Å². The molecule has 1 fully saturated rings. The Morgan fingerprint density at radius 2 is 1.67 bits per heavy atom. The summed E-state index contributed by atoms with van der Waals surface area (Å²) in [4.78, 5) is 17.4. The number of hydrogen-bond acceptors (Lipinski definition) is 3. The fourth-order valence-corrected chi connectivity index (χ4v) is 3.75. The molecule has 2 aromatic rings. The lowest BCUT2D eigenvalue weighted by Gasteiger charge is -2.39. The first-order valence-corrected chi connectivity index (χ1v) is 9.87. The van der Waals surface area contributed by atoms with Crippen LogP contribution < -0.4 is 10.2 Å². The van der Waals surface area contributed by atoms with Gasteiger partial charge in [0.05, 0.1) is 6.04 Å². The normalized spacial score (nSPS) is 16.3. The van der Waals surface area contributed by atoms with Crippen molar-refractivity contribution in [1.82, 2.24) is 4.90 Å². The van der Waals surface area contributed by atoms with Crippen molar-refractivity contribution in [3.8, 4) is 0 Å². The molecule has 1 atom stereocenters. The standard InChI is InChI=1S/C22H28ClN3O/c1-15-7-5-10-21(16(15)2)26-13-11-25(12-14-26)18(4)22(27)24-20-9-6-8-19(23)17(20)3/h5-10,18H,11-14H2,1-4H3,(H,24,27)/t18-/m0/s1. The summed E-state index contributed by atoms with van der Waals surface area (Å²) in [6.45, 7) is 11.8. The molecule has 4 nitrogen and oxygen atoms in total. The average molecular weight is 386 g/mol. The van der Waals surface area contributed by atoms with E-state index in [1.54, 1.807) is 0 Å². The lowest BCUT2D eigenvalue weighted by atomic mass is 10.1. The molecule has 1 aliphatic heterocycles. The highest BCUT2D eigenvalue weighted by Gasteiger charge is 2.26. The molecular formula is C22H28ClN3O. The van der Waals surface area contributed by atoms with Gasteiger partial charge in [-0.15, -0.1) is 0 Å². The van der Waals surface area contributed by atoms with Crippen LogP contribution in [0, 0.1) is 20.8 Å². The second-order valence-electron chi connectivity index (χ2n) is 7.32. The topological polar surface area (TPSA) is 35.6 Å². The van der Waals surface area contributed by atoms with Crippen molar-refractivity contribution >= 4 is 28.9 Å². The van der Waals surface area contributed by atoms with E-state index in [1.807, 2.05) is 32.0 Å². The molecule has 1 aliphatic rings. The fraction of sp³-hybridized carbons (Fsp3) is 0.409. The second-order valence-corrected chi connectivity index (χ2v) is 7.73. The van der Waals surface area contributed by atoms with Crippen LogP contribution in [0.15, 0.2) is 36.4 Å². The Labute approximate surface area is 167 Å². The molecule has 0 spiro atoms. The van der Waals surface area contributed by atoms with Gasteiger partial charge < -0.3 is 10.2 Å². The Morgan fingerprint density at radius 3 is 2.37 bits per heavy atom.